The van der Waals surface area contributed by atoms with Gasteiger partial charge in [-0.25, -0.2) is 0 Å². The molecule has 4 aliphatic carbocycles. The molecule has 4 rings (SSSR count). The second-order valence-electron chi connectivity index (χ2n) is 12.4. The summed E-state index contributed by atoms with van der Waals surface area (Å²) in [6.07, 6.45) is 12.6. The zero-order valence-electron chi connectivity index (χ0n) is 21.2. The van der Waals surface area contributed by atoms with E-state index in [9.17, 15) is 15.0 Å². The van der Waals surface area contributed by atoms with E-state index in [0.717, 1.165) is 30.8 Å². The first-order chi connectivity index (χ1) is 15.1. The van der Waals surface area contributed by atoms with Crippen molar-refractivity contribution in [2.45, 2.75) is 98.7 Å². The normalized spacial score (nSPS) is 45.9. The molecule has 0 amide bonds. The van der Waals surface area contributed by atoms with E-state index in [-0.39, 0.29) is 5.78 Å². The molecular weight excluding hydrogens is 396 g/mol. The van der Waals surface area contributed by atoms with Gasteiger partial charge in [-0.1, -0.05) is 59.3 Å². The van der Waals surface area contributed by atoms with E-state index in [1.54, 1.807) is 6.08 Å². The Morgan fingerprint density at radius 2 is 1.78 bits per heavy atom. The highest BCUT2D eigenvalue weighted by Crippen LogP contribution is 2.67. The van der Waals surface area contributed by atoms with E-state index >= 15 is 0 Å². The van der Waals surface area contributed by atoms with E-state index in [1.165, 1.54) is 25.7 Å². The summed E-state index contributed by atoms with van der Waals surface area (Å²) in [5.74, 6) is 4.03. The Kier molecular flexibility index (Phi) is 6.57. The van der Waals surface area contributed by atoms with Crippen LogP contribution in [0.3, 0.4) is 0 Å². The van der Waals surface area contributed by atoms with Gasteiger partial charge in [0.2, 0.25) is 0 Å². The average Bonchev–Trinajstić information content (AvgIpc) is 3.11. The van der Waals surface area contributed by atoms with Gasteiger partial charge in [-0.2, -0.15) is 0 Å². The molecule has 10 atom stereocenters. The Labute approximate surface area is 195 Å². The van der Waals surface area contributed by atoms with Crippen molar-refractivity contribution in [1.29, 1.82) is 0 Å². The lowest BCUT2D eigenvalue weighted by molar-refractivity contribution is -0.151. The number of hydrogen-bond donors (Lipinski definition) is 2. The van der Waals surface area contributed by atoms with Gasteiger partial charge in [-0.05, 0) is 97.9 Å². The van der Waals surface area contributed by atoms with E-state index < -0.39 is 17.6 Å². The lowest BCUT2D eigenvalue weighted by Crippen LogP contribution is -2.59. The van der Waals surface area contributed by atoms with Crippen LogP contribution in [0.1, 0.15) is 86.5 Å². The first kappa shape index (κ1) is 24.2. The summed E-state index contributed by atoms with van der Waals surface area (Å²) in [5.41, 5.74) is 0.999. The highest BCUT2D eigenvalue weighted by Gasteiger charge is 2.62. The third kappa shape index (κ3) is 3.57. The fraction of sp³-hybridized carbons (Fsp3) is 0.828. The molecule has 32 heavy (non-hydrogen) atoms. The van der Waals surface area contributed by atoms with E-state index in [4.69, 9.17) is 0 Å². The average molecular weight is 443 g/mol. The molecule has 0 spiro atoms. The summed E-state index contributed by atoms with van der Waals surface area (Å²) >= 11 is 0. The second-order valence-corrected chi connectivity index (χ2v) is 12.4. The number of allylic oxidation sites excluding steroid dienone is 2. The van der Waals surface area contributed by atoms with Crippen molar-refractivity contribution in [3.63, 3.8) is 0 Å². The number of hydrogen-bond acceptors (Lipinski definition) is 3. The first-order valence-corrected chi connectivity index (χ1v) is 13.3. The van der Waals surface area contributed by atoms with Gasteiger partial charge >= 0.3 is 0 Å². The minimum absolute atomic E-state index is 0.308. The largest absolute Gasteiger partial charge is 0.389 e. The van der Waals surface area contributed by atoms with Gasteiger partial charge in [0.1, 0.15) is 6.10 Å². The van der Waals surface area contributed by atoms with Crippen LogP contribution in [0.2, 0.25) is 0 Å². The fourth-order valence-corrected chi connectivity index (χ4v) is 8.83. The second kappa shape index (κ2) is 8.69. The minimum atomic E-state index is -1.26. The standard InChI is InChI=1S/C29H46O3/c1-7-19(17(2)3)9-8-18(4)22-12-13-23-21-11-10-20-16-25(30)26(31)27(32)29(20,6)24(21)14-15-28(22,23)5/h8-9,16-19,21-24,26-27,31-32H,7,10-15H2,1-6H3/b9-8+/t18-,19+,21-,22-,23+,24+,26?,27?,28-,29-/m1/s1. The number of ketones is 1. The quantitative estimate of drug-likeness (QED) is 0.517. The Morgan fingerprint density at radius 1 is 1.06 bits per heavy atom. The highest BCUT2D eigenvalue weighted by atomic mass is 16.3. The molecule has 4 aliphatic rings. The predicted octanol–water partition coefficient (Wildman–Crippen LogP) is 5.95. The van der Waals surface area contributed by atoms with Crippen molar-refractivity contribution in [2.24, 2.45) is 52.3 Å². The van der Waals surface area contributed by atoms with Crippen LogP contribution in [0.15, 0.2) is 23.8 Å². The molecule has 0 heterocycles. The summed E-state index contributed by atoms with van der Waals surface area (Å²) in [6, 6.07) is 0. The van der Waals surface area contributed by atoms with Crippen LogP contribution in [0.4, 0.5) is 0 Å². The molecule has 0 aliphatic heterocycles. The fourth-order valence-electron chi connectivity index (χ4n) is 8.83. The van der Waals surface area contributed by atoms with Crippen molar-refractivity contribution < 1.29 is 15.0 Å². The van der Waals surface area contributed by atoms with Crippen LogP contribution in [-0.4, -0.2) is 28.2 Å². The molecule has 0 saturated heterocycles. The summed E-state index contributed by atoms with van der Waals surface area (Å²) < 4.78 is 0. The zero-order chi connectivity index (χ0) is 23.4. The van der Waals surface area contributed by atoms with Crippen LogP contribution < -0.4 is 0 Å². The van der Waals surface area contributed by atoms with Gasteiger partial charge < -0.3 is 10.2 Å². The maximum absolute atomic E-state index is 12.2. The van der Waals surface area contributed by atoms with E-state index in [0.29, 0.717) is 40.9 Å². The molecule has 180 valence electrons. The van der Waals surface area contributed by atoms with Gasteiger partial charge in [-0.3, -0.25) is 4.79 Å². The molecule has 0 aromatic rings. The number of rotatable bonds is 5. The van der Waals surface area contributed by atoms with Crippen LogP contribution >= 0.6 is 0 Å². The van der Waals surface area contributed by atoms with Gasteiger partial charge in [0.05, 0.1) is 6.10 Å². The van der Waals surface area contributed by atoms with Crippen LogP contribution in [0.25, 0.3) is 0 Å². The van der Waals surface area contributed by atoms with Crippen molar-refractivity contribution in [2.75, 3.05) is 0 Å². The van der Waals surface area contributed by atoms with Crippen molar-refractivity contribution in [3.05, 3.63) is 23.8 Å². The van der Waals surface area contributed by atoms with E-state index in [2.05, 4.69) is 53.7 Å². The monoisotopic (exact) mass is 442 g/mol. The molecular formula is C29H46O3. The number of fused-ring (bicyclic) bond motifs is 5. The molecule has 3 fully saturated rings. The number of aliphatic hydroxyl groups is 2. The summed E-state index contributed by atoms with van der Waals surface area (Å²) in [4.78, 5) is 12.2. The Hall–Kier alpha value is -0.930. The Balaban J connectivity index is 1.56. The maximum atomic E-state index is 12.2. The lowest BCUT2D eigenvalue weighted by atomic mass is 9.45. The van der Waals surface area contributed by atoms with E-state index in [1.807, 2.05) is 0 Å². The minimum Gasteiger partial charge on any atom is -0.389 e. The van der Waals surface area contributed by atoms with Crippen LogP contribution in [-0.2, 0) is 4.79 Å². The van der Waals surface area contributed by atoms with Gasteiger partial charge in [0.25, 0.3) is 0 Å². The van der Waals surface area contributed by atoms with Crippen molar-refractivity contribution in [3.8, 4) is 0 Å². The lowest BCUT2D eigenvalue weighted by Gasteiger charge is -2.60. The molecule has 0 radical (unpaired) electrons. The predicted molar refractivity (Wildman–Crippen MR) is 130 cm³/mol. The first-order valence-electron chi connectivity index (χ1n) is 13.3. The molecule has 3 saturated carbocycles. The van der Waals surface area contributed by atoms with Gasteiger partial charge in [-0.15, -0.1) is 0 Å². The molecule has 0 aromatic carbocycles. The van der Waals surface area contributed by atoms with Gasteiger partial charge in [0.15, 0.2) is 5.78 Å². The molecule has 0 aromatic heterocycles. The molecule has 2 unspecified atom stereocenters. The summed E-state index contributed by atoms with van der Waals surface area (Å²) in [6.45, 7) is 14.1. The topological polar surface area (TPSA) is 57.5 Å². The smallest absolute Gasteiger partial charge is 0.186 e. The number of aliphatic hydroxyl groups excluding tert-OH is 2. The highest BCUT2D eigenvalue weighted by molar-refractivity contribution is 5.96. The molecule has 3 heteroatoms. The number of carbonyl (C=O) groups excluding carboxylic acids is 1. The Bertz CT molecular complexity index is 781. The molecule has 0 bridgehead atoms. The van der Waals surface area contributed by atoms with Crippen molar-refractivity contribution in [1.82, 2.24) is 0 Å². The zero-order valence-corrected chi connectivity index (χ0v) is 21.2. The van der Waals surface area contributed by atoms with Crippen molar-refractivity contribution >= 4 is 5.78 Å². The third-order valence-corrected chi connectivity index (χ3v) is 10.9. The summed E-state index contributed by atoms with van der Waals surface area (Å²) in [5, 5.41) is 21.5. The van der Waals surface area contributed by atoms with Gasteiger partial charge in [0, 0.05) is 5.41 Å². The van der Waals surface area contributed by atoms with Crippen LogP contribution in [0, 0.1) is 52.3 Å². The molecule has 3 nitrogen and oxygen atoms in total. The SMILES string of the molecule is CC[C@@H](/C=C/[C@@H](C)[C@H]1CC[C@H]2[C@H]3CCC4=CC(=O)C(O)C(O)[C@@]4(C)[C@H]3CC[C@]12C)C(C)C. The summed E-state index contributed by atoms with van der Waals surface area (Å²) in [7, 11) is 0. The van der Waals surface area contributed by atoms with Crippen LogP contribution in [0.5, 0.6) is 0 Å². The number of carbonyl (C=O) groups is 1. The Morgan fingerprint density at radius 3 is 2.44 bits per heavy atom. The maximum Gasteiger partial charge on any atom is 0.186 e. The third-order valence-electron chi connectivity index (χ3n) is 10.9. The molecule has 2 N–H and O–H groups in total.